The van der Waals surface area contributed by atoms with Gasteiger partial charge in [-0.3, -0.25) is 0 Å². The highest BCUT2D eigenvalue weighted by Crippen LogP contribution is 2.27. The molecule has 2 aromatic heterocycles. The molecule has 10 heteroatoms. The maximum absolute atomic E-state index is 10.6. The number of benzene rings is 1. The van der Waals surface area contributed by atoms with Crippen LogP contribution in [0.2, 0.25) is 0 Å². The average Bonchev–Trinajstić information content (AvgIpc) is 3.12. The molecule has 0 radical (unpaired) electrons. The molecule has 0 fully saturated rings. The van der Waals surface area contributed by atoms with Crippen molar-refractivity contribution in [3.63, 3.8) is 0 Å². The van der Waals surface area contributed by atoms with Crippen molar-refractivity contribution < 1.29 is 27.6 Å². The van der Waals surface area contributed by atoms with Gasteiger partial charge in [0.05, 0.1) is 6.54 Å². The number of nitrogens with zero attached hydrogens (tertiary/aromatic N) is 3. The summed E-state index contributed by atoms with van der Waals surface area (Å²) in [5.41, 5.74) is 7.56. The molecule has 3 N–H and O–H groups in total. The molecule has 0 saturated heterocycles. The van der Waals surface area contributed by atoms with Crippen LogP contribution in [0.4, 0.5) is 13.2 Å². The lowest BCUT2D eigenvalue weighted by atomic mass is 10.2. The number of alkyl halides is 3. The summed E-state index contributed by atoms with van der Waals surface area (Å²) in [5, 5.41) is 12.2. The minimum atomic E-state index is -5.08. The first-order chi connectivity index (χ1) is 11.2. The van der Waals surface area contributed by atoms with Crippen LogP contribution in [0.5, 0.6) is 0 Å². The molecule has 3 rings (SSSR count). The van der Waals surface area contributed by atoms with Gasteiger partial charge in [-0.1, -0.05) is 23.4 Å². The first kappa shape index (κ1) is 17.5. The molecule has 0 aliphatic carbocycles. The minimum Gasteiger partial charge on any atom is -0.475 e. The van der Waals surface area contributed by atoms with Gasteiger partial charge in [0.2, 0.25) is 11.7 Å². The van der Waals surface area contributed by atoms with Gasteiger partial charge < -0.3 is 19.9 Å². The highest BCUT2D eigenvalue weighted by atomic mass is 19.4. The van der Waals surface area contributed by atoms with Gasteiger partial charge in [0.25, 0.3) is 0 Å². The maximum atomic E-state index is 10.6. The van der Waals surface area contributed by atoms with Crippen molar-refractivity contribution >= 4 is 16.9 Å². The number of halogens is 3. The standard InChI is InChI=1S/C12H12N4O.C2HF3O2/c1-16-7-9(8-4-2-3-5-10(8)16)12-14-11(6-13)17-15-12;3-2(4,5)1(6)7/h2-5,7H,6,13H2,1H3;(H,6,7). The number of hydrogen-bond donors (Lipinski definition) is 2. The van der Waals surface area contributed by atoms with Crippen LogP contribution < -0.4 is 5.73 Å². The third-order valence-corrected chi connectivity index (χ3v) is 3.02. The van der Waals surface area contributed by atoms with E-state index in [1.165, 1.54) is 0 Å². The Morgan fingerprint density at radius 1 is 1.38 bits per heavy atom. The predicted molar refractivity (Wildman–Crippen MR) is 77.8 cm³/mol. The van der Waals surface area contributed by atoms with E-state index < -0.39 is 12.1 Å². The topological polar surface area (TPSA) is 107 Å². The first-order valence-corrected chi connectivity index (χ1v) is 6.61. The van der Waals surface area contributed by atoms with Crippen LogP contribution >= 0.6 is 0 Å². The van der Waals surface area contributed by atoms with Crippen LogP contribution in [0.25, 0.3) is 22.3 Å². The molecule has 7 nitrogen and oxygen atoms in total. The lowest BCUT2D eigenvalue weighted by Crippen LogP contribution is -2.21. The van der Waals surface area contributed by atoms with E-state index in [1.807, 2.05) is 36.0 Å². The number of nitrogens with two attached hydrogens (primary N) is 1. The van der Waals surface area contributed by atoms with Crippen LogP contribution in [0.3, 0.4) is 0 Å². The van der Waals surface area contributed by atoms with Crippen molar-refractivity contribution in [3.8, 4) is 11.4 Å². The Bertz CT molecular complexity index is 854. The van der Waals surface area contributed by atoms with Crippen LogP contribution in [-0.2, 0) is 18.4 Å². The summed E-state index contributed by atoms with van der Waals surface area (Å²) in [6.07, 6.45) is -3.09. The highest BCUT2D eigenvalue weighted by Gasteiger charge is 2.38. The maximum Gasteiger partial charge on any atom is 0.490 e. The summed E-state index contributed by atoms with van der Waals surface area (Å²) in [6.45, 7) is 0.262. The summed E-state index contributed by atoms with van der Waals surface area (Å²) in [4.78, 5) is 13.1. The zero-order valence-corrected chi connectivity index (χ0v) is 12.4. The van der Waals surface area contributed by atoms with Gasteiger partial charge in [-0.2, -0.15) is 18.2 Å². The monoisotopic (exact) mass is 342 g/mol. The second-order valence-electron chi connectivity index (χ2n) is 4.69. The normalized spacial score (nSPS) is 11.2. The Morgan fingerprint density at radius 3 is 2.54 bits per heavy atom. The third-order valence-electron chi connectivity index (χ3n) is 3.02. The average molecular weight is 342 g/mol. The molecule has 3 aromatic rings. The zero-order chi connectivity index (χ0) is 17.9. The summed E-state index contributed by atoms with van der Waals surface area (Å²) >= 11 is 0. The Labute approximate surface area is 133 Å². The largest absolute Gasteiger partial charge is 0.490 e. The van der Waals surface area contributed by atoms with Gasteiger partial charge >= 0.3 is 12.1 Å². The lowest BCUT2D eigenvalue weighted by molar-refractivity contribution is -0.192. The predicted octanol–water partition coefficient (Wildman–Crippen LogP) is 2.32. The number of carbonyl (C=O) groups is 1. The Balaban J connectivity index is 0.000000256. The van der Waals surface area contributed by atoms with Crippen molar-refractivity contribution in [2.75, 3.05) is 0 Å². The summed E-state index contributed by atoms with van der Waals surface area (Å²) < 4.78 is 38.8. The molecule has 0 aliphatic rings. The molecule has 0 atom stereocenters. The first-order valence-electron chi connectivity index (χ1n) is 6.61. The van der Waals surface area contributed by atoms with Crippen LogP contribution in [0.1, 0.15) is 5.89 Å². The van der Waals surface area contributed by atoms with Crippen molar-refractivity contribution in [3.05, 3.63) is 36.4 Å². The molecular weight excluding hydrogens is 329 g/mol. The van der Waals surface area contributed by atoms with E-state index in [9.17, 15) is 13.2 Å². The SMILES string of the molecule is Cn1cc(-c2noc(CN)n2)c2ccccc21.O=C(O)C(F)(F)F. The molecule has 1 aromatic carbocycles. The highest BCUT2D eigenvalue weighted by molar-refractivity contribution is 5.94. The van der Waals surface area contributed by atoms with Gasteiger partial charge in [-0.15, -0.1) is 0 Å². The van der Waals surface area contributed by atoms with Crippen molar-refractivity contribution in [2.24, 2.45) is 12.8 Å². The zero-order valence-electron chi connectivity index (χ0n) is 12.4. The fourth-order valence-electron chi connectivity index (χ4n) is 1.97. The number of para-hydroxylation sites is 1. The number of aryl methyl sites for hydroxylation is 1. The minimum absolute atomic E-state index is 0.262. The van der Waals surface area contributed by atoms with Gasteiger partial charge in [0.15, 0.2) is 0 Å². The third kappa shape index (κ3) is 3.71. The molecule has 128 valence electrons. The molecule has 0 unspecified atom stereocenters. The quantitative estimate of drug-likeness (QED) is 0.740. The molecule has 0 spiro atoms. The fraction of sp³-hybridized carbons (Fsp3) is 0.214. The van der Waals surface area contributed by atoms with Crippen molar-refractivity contribution in [2.45, 2.75) is 12.7 Å². The summed E-state index contributed by atoms with van der Waals surface area (Å²) in [7, 11) is 2.00. The number of aromatic nitrogens is 3. The van der Waals surface area contributed by atoms with E-state index >= 15 is 0 Å². The summed E-state index contributed by atoms with van der Waals surface area (Å²) in [6, 6.07) is 8.11. The van der Waals surface area contributed by atoms with Gasteiger partial charge in [-0.05, 0) is 6.07 Å². The second kappa shape index (κ2) is 6.71. The van der Waals surface area contributed by atoms with Gasteiger partial charge in [0.1, 0.15) is 0 Å². The molecule has 0 bridgehead atoms. The second-order valence-corrected chi connectivity index (χ2v) is 4.69. The number of hydrogen-bond acceptors (Lipinski definition) is 5. The molecule has 0 aliphatic heterocycles. The van der Waals surface area contributed by atoms with E-state index in [4.69, 9.17) is 20.2 Å². The van der Waals surface area contributed by atoms with Crippen LogP contribution in [-0.4, -0.2) is 32.0 Å². The van der Waals surface area contributed by atoms with E-state index in [-0.39, 0.29) is 6.54 Å². The Morgan fingerprint density at radius 2 is 2.00 bits per heavy atom. The molecule has 0 saturated carbocycles. The number of carboxylic acids is 1. The number of carboxylic acid groups (broad SMARTS) is 1. The van der Waals surface area contributed by atoms with Crippen molar-refractivity contribution in [1.29, 1.82) is 0 Å². The van der Waals surface area contributed by atoms with E-state index in [0.717, 1.165) is 16.5 Å². The molecular formula is C14H13F3N4O3. The van der Waals surface area contributed by atoms with E-state index in [2.05, 4.69) is 16.2 Å². The van der Waals surface area contributed by atoms with Crippen LogP contribution in [0, 0.1) is 0 Å². The summed E-state index contributed by atoms with van der Waals surface area (Å²) in [5.74, 6) is -1.72. The molecule has 0 amide bonds. The smallest absolute Gasteiger partial charge is 0.475 e. The Hall–Kier alpha value is -2.88. The van der Waals surface area contributed by atoms with E-state index in [1.54, 1.807) is 0 Å². The fourth-order valence-corrected chi connectivity index (χ4v) is 1.97. The van der Waals surface area contributed by atoms with Crippen LogP contribution in [0.15, 0.2) is 35.0 Å². The molecule has 2 heterocycles. The number of fused-ring (bicyclic) bond motifs is 1. The number of aliphatic carboxylic acids is 1. The molecule has 24 heavy (non-hydrogen) atoms. The Kier molecular flexibility index (Phi) is 4.88. The van der Waals surface area contributed by atoms with Gasteiger partial charge in [-0.25, -0.2) is 4.79 Å². The number of rotatable bonds is 2. The van der Waals surface area contributed by atoms with Gasteiger partial charge in [0, 0.05) is 29.7 Å². The van der Waals surface area contributed by atoms with Crippen molar-refractivity contribution in [1.82, 2.24) is 14.7 Å². The lowest BCUT2D eigenvalue weighted by Gasteiger charge is -1.93. The van der Waals surface area contributed by atoms with E-state index in [0.29, 0.717) is 11.7 Å².